The summed E-state index contributed by atoms with van der Waals surface area (Å²) in [6, 6.07) is 2.84. The Labute approximate surface area is 118 Å². The lowest BCUT2D eigenvalue weighted by molar-refractivity contribution is -0.112. The molecule has 0 saturated heterocycles. The number of ketones is 1. The average Bonchev–Trinajstić information content (AvgIpc) is 2.25. The average molecular weight is 332 g/mol. The molecule has 20 heavy (non-hydrogen) atoms. The molecule has 0 atom stereocenters. The van der Waals surface area contributed by atoms with Gasteiger partial charge in [-0.25, -0.2) is 0 Å². The summed E-state index contributed by atoms with van der Waals surface area (Å²) in [4.78, 5) is 9.18. The summed E-state index contributed by atoms with van der Waals surface area (Å²) < 4.78 is 62.3. The van der Waals surface area contributed by atoms with Crippen LogP contribution in [0, 0.1) is 0 Å². The van der Waals surface area contributed by atoms with E-state index in [1.54, 1.807) is 6.08 Å². The number of thioether (sulfide) groups is 1. The van der Waals surface area contributed by atoms with Gasteiger partial charge in [0.25, 0.3) is 0 Å². The van der Waals surface area contributed by atoms with Crippen molar-refractivity contribution in [2.24, 2.45) is 0 Å². The Morgan fingerprint density at radius 3 is 2.15 bits per heavy atom. The number of hydrogen-bond donors (Lipinski definition) is 0. The highest BCUT2D eigenvalue weighted by Gasteiger charge is 2.65. The van der Waals surface area contributed by atoms with Gasteiger partial charge in [0.05, 0.1) is 0 Å². The van der Waals surface area contributed by atoms with Crippen LogP contribution in [0.2, 0.25) is 0 Å². The van der Waals surface area contributed by atoms with Crippen molar-refractivity contribution in [2.45, 2.75) is 23.1 Å². The molecule has 114 valence electrons. The van der Waals surface area contributed by atoms with Crippen LogP contribution >= 0.6 is 22.0 Å². The molecule has 1 aromatic carbocycles. The lowest BCUT2D eigenvalue weighted by Gasteiger charge is -2.40. The zero-order valence-electron chi connectivity index (χ0n) is 10.5. The second kappa shape index (κ2) is 5.07. The van der Waals surface area contributed by atoms with Gasteiger partial charge in [-0.2, -0.15) is 0 Å². The molecule has 1 rings (SSSR count). The first-order valence-electron chi connectivity index (χ1n) is 5.52. The Hall–Kier alpha value is -1.02. The molecule has 0 N–H and O–H groups in total. The van der Waals surface area contributed by atoms with Gasteiger partial charge >= 0.3 is 10.2 Å². The van der Waals surface area contributed by atoms with Gasteiger partial charge in [0, 0.05) is 10.6 Å². The summed E-state index contributed by atoms with van der Waals surface area (Å²) in [6.45, 7) is 1.41. The number of carbonyl (C=O) groups excluding carboxylic acids is 1. The standard InChI is InChI=1S/C12H13F5OS2/c1-10(18)4-2-3-9-19-11-5-7-12(8-6-11)20(13,14,15,16)17/h2,4-8H,3,9H2,1H3/b4-2+. The molecule has 1 aromatic rings. The summed E-state index contributed by atoms with van der Waals surface area (Å²) in [6.07, 6.45) is 3.61. The fourth-order valence-electron chi connectivity index (χ4n) is 1.29. The van der Waals surface area contributed by atoms with E-state index < -0.39 is 15.1 Å². The molecule has 0 heterocycles. The van der Waals surface area contributed by atoms with Crippen molar-refractivity contribution in [3.05, 3.63) is 36.4 Å². The first-order valence-corrected chi connectivity index (χ1v) is 8.46. The molecule has 0 spiro atoms. The van der Waals surface area contributed by atoms with Gasteiger partial charge in [0.15, 0.2) is 5.78 Å². The third-order valence-corrected chi connectivity index (χ3v) is 4.38. The highest BCUT2D eigenvalue weighted by molar-refractivity contribution is 8.45. The van der Waals surface area contributed by atoms with Crippen LogP contribution < -0.4 is 0 Å². The van der Waals surface area contributed by atoms with Crippen molar-refractivity contribution < 1.29 is 24.2 Å². The van der Waals surface area contributed by atoms with Gasteiger partial charge in [-0.15, -0.1) is 11.8 Å². The van der Waals surface area contributed by atoms with E-state index in [4.69, 9.17) is 0 Å². The predicted octanol–water partition coefficient (Wildman–Crippen LogP) is 5.97. The van der Waals surface area contributed by atoms with E-state index in [0.717, 1.165) is 12.1 Å². The van der Waals surface area contributed by atoms with Crippen LogP contribution in [-0.4, -0.2) is 11.5 Å². The summed E-state index contributed by atoms with van der Waals surface area (Å²) >= 11 is 1.23. The smallest absolute Gasteiger partial charge is 0.295 e. The SMILES string of the molecule is CC(=O)/C=C/CCSc1ccc(S(F)(F)(F)(F)F)cc1. The third kappa shape index (κ3) is 5.96. The molecule has 1 nitrogen and oxygen atoms in total. The van der Waals surface area contributed by atoms with Crippen LogP contribution in [0.4, 0.5) is 19.4 Å². The second-order valence-electron chi connectivity index (χ2n) is 4.09. The Balaban J connectivity index is 2.63. The Morgan fingerprint density at radius 1 is 1.15 bits per heavy atom. The highest BCUT2D eigenvalue weighted by Crippen LogP contribution is 3.02. The molecule has 0 aliphatic heterocycles. The first-order chi connectivity index (χ1) is 8.88. The van der Waals surface area contributed by atoms with E-state index in [9.17, 15) is 24.2 Å². The van der Waals surface area contributed by atoms with E-state index in [0.29, 0.717) is 29.2 Å². The number of halogens is 5. The lowest BCUT2D eigenvalue weighted by Crippen LogP contribution is -2.05. The molecular formula is C12H13F5OS2. The summed E-state index contributed by atoms with van der Waals surface area (Å²) in [7, 11) is -9.57. The first kappa shape index (κ1) is 17.0. The zero-order chi connectivity index (χ0) is 15.5. The highest BCUT2D eigenvalue weighted by atomic mass is 32.5. The van der Waals surface area contributed by atoms with E-state index in [1.807, 2.05) is 0 Å². The number of allylic oxidation sites excluding steroid dienone is 2. The maximum atomic E-state index is 12.5. The Morgan fingerprint density at radius 2 is 1.70 bits per heavy atom. The lowest BCUT2D eigenvalue weighted by atomic mass is 10.3. The quantitative estimate of drug-likeness (QED) is 0.276. The van der Waals surface area contributed by atoms with Gasteiger partial charge in [0.1, 0.15) is 4.90 Å². The van der Waals surface area contributed by atoms with Gasteiger partial charge in [-0.1, -0.05) is 25.5 Å². The monoisotopic (exact) mass is 332 g/mol. The van der Waals surface area contributed by atoms with Crippen LogP contribution in [-0.2, 0) is 4.79 Å². The van der Waals surface area contributed by atoms with Crippen molar-refractivity contribution >= 4 is 27.8 Å². The van der Waals surface area contributed by atoms with Gasteiger partial charge in [-0.05, 0) is 43.7 Å². The van der Waals surface area contributed by atoms with E-state index in [2.05, 4.69) is 0 Å². The molecule has 8 heteroatoms. The van der Waals surface area contributed by atoms with Gasteiger partial charge < -0.3 is 0 Å². The number of benzene rings is 1. The van der Waals surface area contributed by atoms with Crippen LogP contribution in [0.1, 0.15) is 13.3 Å². The van der Waals surface area contributed by atoms with Crippen molar-refractivity contribution in [3.8, 4) is 0 Å². The minimum absolute atomic E-state index is 0.0877. The van der Waals surface area contributed by atoms with E-state index in [-0.39, 0.29) is 5.78 Å². The number of carbonyl (C=O) groups is 1. The molecule has 0 aliphatic carbocycles. The van der Waals surface area contributed by atoms with E-state index in [1.165, 1.54) is 24.8 Å². The maximum Gasteiger partial charge on any atom is 0.310 e. The van der Waals surface area contributed by atoms with Crippen molar-refractivity contribution in [3.63, 3.8) is 0 Å². The van der Waals surface area contributed by atoms with Crippen LogP contribution in [0.25, 0.3) is 0 Å². The molecule has 0 bridgehead atoms. The fourth-order valence-corrected chi connectivity index (χ4v) is 2.76. The third-order valence-electron chi connectivity index (χ3n) is 2.17. The molecular weight excluding hydrogens is 319 g/mol. The minimum atomic E-state index is -9.57. The fraction of sp³-hybridized carbons (Fsp3) is 0.250. The molecule has 0 fully saturated rings. The predicted molar refractivity (Wildman–Crippen MR) is 73.0 cm³/mol. The zero-order valence-corrected chi connectivity index (χ0v) is 12.1. The van der Waals surface area contributed by atoms with E-state index >= 15 is 0 Å². The molecule has 0 unspecified atom stereocenters. The summed E-state index contributed by atoms with van der Waals surface area (Å²) in [5.41, 5.74) is 0. The maximum absolute atomic E-state index is 12.5. The molecule has 0 aliphatic rings. The van der Waals surface area contributed by atoms with Gasteiger partial charge in [-0.3, -0.25) is 4.79 Å². The van der Waals surface area contributed by atoms with Crippen molar-refractivity contribution in [2.75, 3.05) is 5.75 Å². The Bertz CT molecular complexity index is 519. The van der Waals surface area contributed by atoms with Crippen LogP contribution in [0.15, 0.2) is 46.2 Å². The van der Waals surface area contributed by atoms with Crippen LogP contribution in [0.5, 0.6) is 0 Å². The molecule has 0 radical (unpaired) electrons. The van der Waals surface area contributed by atoms with Crippen molar-refractivity contribution in [1.82, 2.24) is 0 Å². The largest absolute Gasteiger partial charge is 0.310 e. The normalized spacial score (nSPS) is 15.9. The second-order valence-corrected chi connectivity index (χ2v) is 7.67. The number of rotatable bonds is 6. The molecule has 0 aromatic heterocycles. The minimum Gasteiger partial charge on any atom is -0.295 e. The molecule has 0 saturated carbocycles. The Kier molecular flexibility index (Phi) is 4.32. The summed E-state index contributed by atoms with van der Waals surface area (Å²) in [5.74, 6) is 0.453. The summed E-state index contributed by atoms with van der Waals surface area (Å²) in [5, 5.41) is 0. The van der Waals surface area contributed by atoms with Gasteiger partial charge in [0.2, 0.25) is 0 Å². The van der Waals surface area contributed by atoms with Crippen molar-refractivity contribution in [1.29, 1.82) is 0 Å². The number of hydrogen-bond acceptors (Lipinski definition) is 2. The molecule has 0 amide bonds. The topological polar surface area (TPSA) is 17.1 Å². The van der Waals surface area contributed by atoms with Crippen LogP contribution in [0.3, 0.4) is 0 Å².